The minimum atomic E-state index is 0.720. The molecule has 1 aromatic carbocycles. The van der Waals surface area contributed by atoms with Crippen LogP contribution in [0.25, 0.3) is 0 Å². The van der Waals surface area contributed by atoms with Gasteiger partial charge in [0.1, 0.15) is 23.2 Å². The van der Waals surface area contributed by atoms with Gasteiger partial charge in [0, 0.05) is 25.7 Å². The summed E-state index contributed by atoms with van der Waals surface area (Å²) >= 11 is 0. The number of rotatable bonds is 7. The van der Waals surface area contributed by atoms with Gasteiger partial charge in [0.2, 0.25) is 0 Å². The second-order valence-corrected chi connectivity index (χ2v) is 5.03. The number of hydrogen-bond acceptors (Lipinski definition) is 5. The van der Waals surface area contributed by atoms with Crippen molar-refractivity contribution in [2.45, 2.75) is 27.3 Å². The van der Waals surface area contributed by atoms with E-state index in [0.717, 1.165) is 42.8 Å². The van der Waals surface area contributed by atoms with Crippen molar-refractivity contribution in [1.29, 1.82) is 0 Å². The fraction of sp³-hybridized carbons (Fsp3) is 0.412. The highest BCUT2D eigenvalue weighted by Gasteiger charge is 2.07. The number of anilines is 2. The van der Waals surface area contributed by atoms with E-state index in [4.69, 9.17) is 4.74 Å². The number of nitrogens with zero attached hydrogens (tertiary/aromatic N) is 3. The van der Waals surface area contributed by atoms with Gasteiger partial charge in [0.25, 0.3) is 0 Å². The molecular weight excluding hydrogens is 276 g/mol. The first-order valence-corrected chi connectivity index (χ1v) is 7.63. The van der Waals surface area contributed by atoms with Gasteiger partial charge < -0.3 is 15.0 Å². The van der Waals surface area contributed by atoms with Crippen LogP contribution in [0.4, 0.5) is 11.6 Å². The lowest BCUT2D eigenvalue weighted by Gasteiger charge is -2.20. The number of aryl methyl sites for hydroxylation is 1. The zero-order valence-electron chi connectivity index (χ0n) is 13.8. The predicted molar refractivity (Wildman–Crippen MR) is 90.7 cm³/mol. The van der Waals surface area contributed by atoms with Gasteiger partial charge in [-0.3, -0.25) is 0 Å². The summed E-state index contributed by atoms with van der Waals surface area (Å²) in [6, 6.07) is 10.0. The lowest BCUT2D eigenvalue weighted by molar-refractivity contribution is 0.414. The number of methoxy groups -OCH3 is 1. The highest BCUT2D eigenvalue weighted by Crippen LogP contribution is 2.17. The molecule has 22 heavy (non-hydrogen) atoms. The molecule has 0 bridgehead atoms. The zero-order valence-corrected chi connectivity index (χ0v) is 13.8. The van der Waals surface area contributed by atoms with Gasteiger partial charge in [-0.25, -0.2) is 9.97 Å². The Morgan fingerprint density at radius 1 is 1.09 bits per heavy atom. The van der Waals surface area contributed by atoms with Crippen LogP contribution in [0.2, 0.25) is 0 Å². The van der Waals surface area contributed by atoms with Crippen LogP contribution >= 0.6 is 0 Å². The van der Waals surface area contributed by atoms with Crippen molar-refractivity contribution in [3.8, 4) is 5.75 Å². The fourth-order valence-corrected chi connectivity index (χ4v) is 2.29. The Balaban J connectivity index is 2.08. The normalized spacial score (nSPS) is 10.4. The van der Waals surface area contributed by atoms with E-state index in [-0.39, 0.29) is 0 Å². The Morgan fingerprint density at radius 3 is 2.36 bits per heavy atom. The molecule has 0 atom stereocenters. The monoisotopic (exact) mass is 300 g/mol. The van der Waals surface area contributed by atoms with Crippen molar-refractivity contribution in [2.24, 2.45) is 0 Å². The molecule has 0 aliphatic carbocycles. The first-order chi connectivity index (χ1) is 10.7. The Morgan fingerprint density at radius 2 is 1.77 bits per heavy atom. The standard InChI is InChI=1S/C17H24N4O/c1-5-21(6-2)17-11-16(19-13(3)20-17)18-12-14-7-9-15(22-4)10-8-14/h7-11H,5-6,12H2,1-4H3,(H,18,19,20). The van der Waals surface area contributed by atoms with Gasteiger partial charge in [0.05, 0.1) is 7.11 Å². The van der Waals surface area contributed by atoms with Crippen molar-refractivity contribution >= 4 is 11.6 Å². The summed E-state index contributed by atoms with van der Waals surface area (Å²) < 4.78 is 5.17. The van der Waals surface area contributed by atoms with E-state index in [0.29, 0.717) is 0 Å². The molecule has 2 aromatic rings. The summed E-state index contributed by atoms with van der Waals surface area (Å²) in [5, 5.41) is 3.36. The van der Waals surface area contributed by atoms with E-state index in [2.05, 4.69) is 34.0 Å². The van der Waals surface area contributed by atoms with Crippen LogP contribution in [0.1, 0.15) is 25.2 Å². The van der Waals surface area contributed by atoms with E-state index < -0.39 is 0 Å². The molecule has 0 saturated carbocycles. The molecule has 118 valence electrons. The van der Waals surface area contributed by atoms with Crippen molar-refractivity contribution < 1.29 is 4.74 Å². The number of nitrogens with one attached hydrogen (secondary N) is 1. The van der Waals surface area contributed by atoms with Gasteiger partial charge in [-0.1, -0.05) is 12.1 Å². The third-order valence-electron chi connectivity index (χ3n) is 3.54. The van der Waals surface area contributed by atoms with E-state index in [9.17, 15) is 0 Å². The molecule has 0 amide bonds. The second-order valence-electron chi connectivity index (χ2n) is 5.03. The molecule has 0 radical (unpaired) electrons. The van der Waals surface area contributed by atoms with Crippen LogP contribution < -0.4 is 15.0 Å². The van der Waals surface area contributed by atoms with Gasteiger partial charge in [-0.15, -0.1) is 0 Å². The van der Waals surface area contributed by atoms with Crippen LogP contribution in [-0.2, 0) is 6.54 Å². The third kappa shape index (κ3) is 4.10. The molecular formula is C17H24N4O. The largest absolute Gasteiger partial charge is 0.497 e. The first kappa shape index (κ1) is 16.1. The van der Waals surface area contributed by atoms with E-state index in [1.165, 1.54) is 5.56 Å². The van der Waals surface area contributed by atoms with Gasteiger partial charge in [-0.05, 0) is 38.5 Å². The summed E-state index contributed by atoms with van der Waals surface area (Å²) in [5.74, 6) is 3.46. The van der Waals surface area contributed by atoms with Gasteiger partial charge in [-0.2, -0.15) is 0 Å². The Labute approximate surface area is 132 Å². The van der Waals surface area contributed by atoms with Crippen molar-refractivity contribution in [1.82, 2.24) is 9.97 Å². The highest BCUT2D eigenvalue weighted by atomic mass is 16.5. The maximum absolute atomic E-state index is 5.17. The SMILES string of the molecule is CCN(CC)c1cc(NCc2ccc(OC)cc2)nc(C)n1. The molecule has 5 heteroatoms. The van der Waals surface area contributed by atoms with Crippen molar-refractivity contribution in [3.63, 3.8) is 0 Å². The number of benzene rings is 1. The average molecular weight is 300 g/mol. The van der Waals surface area contributed by atoms with E-state index >= 15 is 0 Å². The summed E-state index contributed by atoms with van der Waals surface area (Å²) in [5.41, 5.74) is 1.18. The molecule has 0 saturated heterocycles. The maximum atomic E-state index is 5.17. The molecule has 0 spiro atoms. The number of hydrogen-bond donors (Lipinski definition) is 1. The first-order valence-electron chi connectivity index (χ1n) is 7.63. The predicted octanol–water partition coefficient (Wildman–Crippen LogP) is 3.25. The van der Waals surface area contributed by atoms with Crippen molar-refractivity contribution in [3.05, 3.63) is 41.7 Å². The van der Waals surface area contributed by atoms with Crippen LogP contribution in [0.15, 0.2) is 30.3 Å². The van der Waals surface area contributed by atoms with Crippen LogP contribution in [0.3, 0.4) is 0 Å². The van der Waals surface area contributed by atoms with Gasteiger partial charge >= 0.3 is 0 Å². The summed E-state index contributed by atoms with van der Waals surface area (Å²) in [6.45, 7) is 8.77. The molecule has 5 nitrogen and oxygen atoms in total. The zero-order chi connectivity index (χ0) is 15.9. The van der Waals surface area contributed by atoms with Crippen molar-refractivity contribution in [2.75, 3.05) is 30.4 Å². The fourth-order valence-electron chi connectivity index (χ4n) is 2.29. The Kier molecular flexibility index (Phi) is 5.58. The smallest absolute Gasteiger partial charge is 0.134 e. The van der Waals surface area contributed by atoms with Crippen LogP contribution in [-0.4, -0.2) is 30.2 Å². The van der Waals surface area contributed by atoms with Crippen LogP contribution in [0, 0.1) is 6.92 Å². The molecule has 0 aliphatic heterocycles. The molecule has 0 unspecified atom stereocenters. The van der Waals surface area contributed by atoms with Gasteiger partial charge in [0.15, 0.2) is 0 Å². The lowest BCUT2D eigenvalue weighted by atomic mass is 10.2. The topological polar surface area (TPSA) is 50.3 Å². The van der Waals surface area contributed by atoms with Crippen LogP contribution in [0.5, 0.6) is 5.75 Å². The minimum absolute atomic E-state index is 0.720. The number of ether oxygens (including phenoxy) is 1. The Hall–Kier alpha value is -2.30. The maximum Gasteiger partial charge on any atom is 0.134 e. The minimum Gasteiger partial charge on any atom is -0.497 e. The molecule has 0 aliphatic rings. The molecule has 1 aromatic heterocycles. The third-order valence-corrected chi connectivity index (χ3v) is 3.54. The Bertz CT molecular complexity index is 594. The average Bonchev–Trinajstić information content (AvgIpc) is 2.54. The molecule has 1 heterocycles. The quantitative estimate of drug-likeness (QED) is 0.850. The summed E-state index contributed by atoms with van der Waals surface area (Å²) in [7, 11) is 1.67. The molecule has 1 N–H and O–H groups in total. The lowest BCUT2D eigenvalue weighted by Crippen LogP contribution is -2.23. The highest BCUT2D eigenvalue weighted by molar-refractivity contribution is 5.49. The van der Waals surface area contributed by atoms with E-state index in [1.54, 1.807) is 7.11 Å². The second kappa shape index (κ2) is 7.64. The number of aromatic nitrogens is 2. The molecule has 2 rings (SSSR count). The summed E-state index contributed by atoms with van der Waals surface area (Å²) in [6.07, 6.45) is 0. The van der Waals surface area contributed by atoms with E-state index in [1.807, 2.05) is 37.3 Å². The summed E-state index contributed by atoms with van der Waals surface area (Å²) in [4.78, 5) is 11.2. The molecule has 0 fully saturated rings.